The Morgan fingerprint density at radius 1 is 1.03 bits per heavy atom. The Bertz CT molecular complexity index is 1430. The van der Waals surface area contributed by atoms with Gasteiger partial charge < -0.3 is 4.74 Å². The molecule has 0 spiro atoms. The average molecular weight is 521 g/mol. The number of carbonyl (C=O) groups is 1. The molecule has 0 aliphatic heterocycles. The molecule has 0 saturated carbocycles. The van der Waals surface area contributed by atoms with Crippen LogP contribution in [0.4, 0.5) is 5.69 Å². The molecule has 3 aromatic carbocycles. The van der Waals surface area contributed by atoms with Crippen LogP contribution >= 0.6 is 11.3 Å². The normalized spacial score (nSPS) is 11.3. The summed E-state index contributed by atoms with van der Waals surface area (Å²) in [5.74, 6) is -0.610. The van der Waals surface area contributed by atoms with E-state index in [1.165, 1.54) is 17.4 Å². The minimum atomic E-state index is -3.89. The van der Waals surface area contributed by atoms with Gasteiger partial charge in [-0.25, -0.2) is 18.2 Å². The highest BCUT2D eigenvalue weighted by Gasteiger charge is 2.20. The highest BCUT2D eigenvalue weighted by molar-refractivity contribution is 7.92. The summed E-state index contributed by atoms with van der Waals surface area (Å²) in [6, 6.07) is 21.7. The second kappa shape index (κ2) is 11.5. The van der Waals surface area contributed by atoms with E-state index in [1.807, 2.05) is 47.8 Å². The first-order chi connectivity index (χ1) is 17.4. The molecular weight excluding hydrogens is 492 g/mol. The Labute approximate surface area is 216 Å². The van der Waals surface area contributed by atoms with Crippen molar-refractivity contribution in [2.75, 3.05) is 4.72 Å². The summed E-state index contributed by atoms with van der Waals surface area (Å²) >= 11 is 1.47. The molecule has 0 amide bonds. The highest BCUT2D eigenvalue weighted by Crippen LogP contribution is 2.25. The molecule has 1 N–H and O–H groups in total. The second-order valence-corrected chi connectivity index (χ2v) is 11.0. The van der Waals surface area contributed by atoms with Crippen LogP contribution < -0.4 is 4.72 Å². The van der Waals surface area contributed by atoms with Crippen LogP contribution in [0.1, 0.15) is 46.9 Å². The summed E-state index contributed by atoms with van der Waals surface area (Å²) in [6.45, 7) is 3.83. The number of anilines is 1. The van der Waals surface area contributed by atoms with Crippen LogP contribution in [0, 0.1) is 6.92 Å². The molecule has 0 saturated heterocycles. The number of unbranched alkanes of at least 4 members (excludes halogenated alkanes) is 1. The molecule has 0 aliphatic carbocycles. The van der Waals surface area contributed by atoms with Gasteiger partial charge in [-0.2, -0.15) is 0 Å². The summed E-state index contributed by atoms with van der Waals surface area (Å²) in [5.41, 5.74) is 3.96. The molecular formula is C28H28N2O4S2. The Morgan fingerprint density at radius 2 is 1.78 bits per heavy atom. The zero-order valence-corrected chi connectivity index (χ0v) is 21.9. The number of hydrogen-bond donors (Lipinski definition) is 1. The summed E-state index contributed by atoms with van der Waals surface area (Å²) < 4.78 is 34.2. The quantitative estimate of drug-likeness (QED) is 0.238. The maximum atomic E-state index is 13.1. The number of rotatable bonds is 10. The number of sulfonamides is 1. The van der Waals surface area contributed by atoms with Crippen LogP contribution in [0.25, 0.3) is 10.6 Å². The Morgan fingerprint density at radius 3 is 2.50 bits per heavy atom. The largest absolute Gasteiger partial charge is 0.456 e. The number of thiazole rings is 1. The summed E-state index contributed by atoms with van der Waals surface area (Å²) in [5, 5.41) is 2.69. The lowest BCUT2D eigenvalue weighted by Gasteiger charge is -2.12. The predicted octanol–water partition coefficient (Wildman–Crippen LogP) is 6.62. The molecule has 0 atom stereocenters. The number of carbonyl (C=O) groups excluding carboxylic acids is 1. The first-order valence-electron chi connectivity index (χ1n) is 11.7. The fourth-order valence-corrected chi connectivity index (χ4v) is 5.80. The first kappa shape index (κ1) is 25.6. The maximum Gasteiger partial charge on any atom is 0.338 e. The first-order valence-corrected chi connectivity index (χ1v) is 14.1. The number of nitrogens with one attached hydrogen (secondary N) is 1. The summed E-state index contributed by atoms with van der Waals surface area (Å²) in [4.78, 5) is 17.3. The highest BCUT2D eigenvalue weighted by atomic mass is 32.2. The van der Waals surface area contributed by atoms with E-state index in [0.717, 1.165) is 35.4 Å². The van der Waals surface area contributed by atoms with Gasteiger partial charge in [0, 0.05) is 16.6 Å². The van der Waals surface area contributed by atoms with E-state index in [2.05, 4.69) is 16.6 Å². The summed E-state index contributed by atoms with van der Waals surface area (Å²) in [6.07, 6.45) is 3.15. The fourth-order valence-electron chi connectivity index (χ4n) is 3.66. The van der Waals surface area contributed by atoms with Gasteiger partial charge in [-0.1, -0.05) is 61.9 Å². The number of aryl methyl sites for hydroxylation is 2. The smallest absolute Gasteiger partial charge is 0.338 e. The van der Waals surface area contributed by atoms with Gasteiger partial charge in [-0.05, 0) is 55.2 Å². The van der Waals surface area contributed by atoms with Gasteiger partial charge in [0.2, 0.25) is 0 Å². The minimum absolute atomic E-state index is 0.000751. The third kappa shape index (κ3) is 6.38. The van der Waals surface area contributed by atoms with Crippen molar-refractivity contribution >= 4 is 33.0 Å². The molecule has 0 aliphatic rings. The molecule has 0 radical (unpaired) electrons. The van der Waals surface area contributed by atoms with Gasteiger partial charge in [0.15, 0.2) is 0 Å². The SMILES string of the molecule is CCCCc1ccc(NS(=O)(=O)c2cc(C(=O)OCc3csc(-c4ccccc4)n3)ccc2C)cc1. The fraction of sp³-hybridized carbons (Fsp3) is 0.214. The molecule has 4 aromatic rings. The van der Waals surface area contributed by atoms with Gasteiger partial charge in [0.25, 0.3) is 10.0 Å². The van der Waals surface area contributed by atoms with E-state index in [1.54, 1.807) is 31.2 Å². The lowest BCUT2D eigenvalue weighted by molar-refractivity contribution is 0.0468. The van der Waals surface area contributed by atoms with Crippen molar-refractivity contribution < 1.29 is 17.9 Å². The van der Waals surface area contributed by atoms with Gasteiger partial charge in [0.1, 0.15) is 11.6 Å². The van der Waals surface area contributed by atoms with Crippen molar-refractivity contribution in [2.24, 2.45) is 0 Å². The number of nitrogens with zero attached hydrogens (tertiary/aromatic N) is 1. The van der Waals surface area contributed by atoms with Crippen LogP contribution in [-0.2, 0) is 27.8 Å². The van der Waals surface area contributed by atoms with Gasteiger partial charge in [-0.15, -0.1) is 11.3 Å². The van der Waals surface area contributed by atoms with E-state index >= 15 is 0 Å². The van der Waals surface area contributed by atoms with Crippen molar-refractivity contribution in [3.63, 3.8) is 0 Å². The Kier molecular flexibility index (Phi) is 8.18. The van der Waals surface area contributed by atoms with Crippen LogP contribution in [0.15, 0.2) is 83.1 Å². The average Bonchev–Trinajstić information content (AvgIpc) is 3.36. The molecule has 6 nitrogen and oxygen atoms in total. The van der Waals surface area contributed by atoms with Crippen molar-refractivity contribution in [1.29, 1.82) is 0 Å². The maximum absolute atomic E-state index is 13.1. The van der Waals surface area contributed by atoms with Crippen molar-refractivity contribution in [2.45, 2.75) is 44.6 Å². The van der Waals surface area contributed by atoms with E-state index in [9.17, 15) is 13.2 Å². The van der Waals surface area contributed by atoms with Crippen molar-refractivity contribution in [1.82, 2.24) is 4.98 Å². The van der Waals surface area contributed by atoms with Crippen LogP contribution in [0.2, 0.25) is 0 Å². The molecule has 186 valence electrons. The van der Waals surface area contributed by atoms with E-state index in [4.69, 9.17) is 4.74 Å². The molecule has 1 aromatic heterocycles. The number of aromatic nitrogens is 1. The molecule has 36 heavy (non-hydrogen) atoms. The Balaban J connectivity index is 1.43. The van der Waals surface area contributed by atoms with Crippen molar-refractivity contribution in [3.8, 4) is 10.6 Å². The van der Waals surface area contributed by atoms with Gasteiger partial charge >= 0.3 is 5.97 Å². The van der Waals surface area contributed by atoms with Gasteiger partial charge in [-0.3, -0.25) is 4.72 Å². The van der Waals surface area contributed by atoms with Crippen molar-refractivity contribution in [3.05, 3.63) is 101 Å². The molecule has 0 fully saturated rings. The third-order valence-electron chi connectivity index (χ3n) is 5.66. The number of ether oxygens (including phenoxy) is 1. The second-order valence-electron chi connectivity index (χ2n) is 8.47. The monoisotopic (exact) mass is 520 g/mol. The standard InChI is InChI=1S/C28H28N2O4S2/c1-3-4-8-21-12-15-24(16-13-21)30-36(32,33)26-17-23(14-11-20(26)2)28(31)34-18-25-19-35-27(29-25)22-9-6-5-7-10-22/h5-7,9-17,19,30H,3-4,8,18H2,1-2H3. The molecule has 0 bridgehead atoms. The zero-order valence-electron chi connectivity index (χ0n) is 20.2. The number of esters is 1. The minimum Gasteiger partial charge on any atom is -0.456 e. The zero-order chi connectivity index (χ0) is 25.5. The predicted molar refractivity (Wildman–Crippen MR) is 144 cm³/mol. The van der Waals surface area contributed by atoms with E-state index in [-0.39, 0.29) is 17.1 Å². The number of benzene rings is 3. The van der Waals surface area contributed by atoms with Crippen LogP contribution in [0.5, 0.6) is 0 Å². The van der Waals surface area contributed by atoms with Crippen LogP contribution in [-0.4, -0.2) is 19.4 Å². The number of hydrogen-bond acceptors (Lipinski definition) is 6. The molecule has 0 unspecified atom stereocenters. The lowest BCUT2D eigenvalue weighted by atomic mass is 10.1. The molecule has 8 heteroatoms. The van der Waals surface area contributed by atoms with Gasteiger partial charge in [0.05, 0.1) is 16.2 Å². The molecule has 4 rings (SSSR count). The third-order valence-corrected chi connectivity index (χ3v) is 8.13. The Hall–Kier alpha value is -3.49. The van der Waals surface area contributed by atoms with E-state index < -0.39 is 16.0 Å². The summed E-state index contributed by atoms with van der Waals surface area (Å²) in [7, 11) is -3.89. The van der Waals surface area contributed by atoms with E-state index in [0.29, 0.717) is 16.9 Å². The lowest BCUT2D eigenvalue weighted by Crippen LogP contribution is -2.15. The molecule has 1 heterocycles. The van der Waals surface area contributed by atoms with Crippen LogP contribution in [0.3, 0.4) is 0 Å². The topological polar surface area (TPSA) is 85.4 Å².